The molecule has 3 aliphatic rings. The zero-order valence-corrected chi connectivity index (χ0v) is 19.9. The molecule has 2 saturated heterocycles. The van der Waals surface area contributed by atoms with Crippen molar-refractivity contribution in [3.63, 3.8) is 0 Å². The maximum Gasteiger partial charge on any atom is 0.227 e. The van der Waals surface area contributed by atoms with E-state index < -0.39 is 16.2 Å². The largest absolute Gasteiger partial charge is 0.364 e. The molecule has 0 spiro atoms. The van der Waals surface area contributed by atoms with Crippen LogP contribution < -0.4 is 10.2 Å². The minimum absolute atomic E-state index is 0.0400. The van der Waals surface area contributed by atoms with E-state index in [0.29, 0.717) is 74.2 Å². The molecule has 1 unspecified atom stereocenters. The molecule has 2 fully saturated rings. The Morgan fingerprint density at radius 1 is 1.21 bits per heavy atom. The summed E-state index contributed by atoms with van der Waals surface area (Å²) in [5.41, 5.74) is 0.976. The third kappa shape index (κ3) is 4.13. The first-order chi connectivity index (χ1) is 16.4. The number of aryl methyl sites for hydroxylation is 1. The number of likely N-dealkylation sites (tertiary alicyclic amines) is 1. The van der Waals surface area contributed by atoms with E-state index in [9.17, 15) is 18.7 Å². The molecule has 34 heavy (non-hydrogen) atoms. The SMILES string of the molecule is CN1C[C@@H](Nc2nc(N3CCC(C#N)(c4ccc(F)cc4)CC3)nc3c2S(=O)CC3)CCC1=O. The number of nitrogens with one attached hydrogen (secondary N) is 1. The van der Waals surface area contributed by atoms with Gasteiger partial charge >= 0.3 is 0 Å². The van der Waals surface area contributed by atoms with Gasteiger partial charge in [0, 0.05) is 51.3 Å². The molecule has 3 aliphatic heterocycles. The van der Waals surface area contributed by atoms with Gasteiger partial charge in [0.05, 0.1) is 28.0 Å². The number of rotatable bonds is 4. The molecule has 5 rings (SSSR count). The van der Waals surface area contributed by atoms with E-state index in [0.717, 1.165) is 11.3 Å². The third-order valence-electron chi connectivity index (χ3n) is 7.15. The molecule has 1 N–H and O–H groups in total. The number of halogens is 1. The lowest BCUT2D eigenvalue weighted by Gasteiger charge is -2.38. The predicted octanol–water partition coefficient (Wildman–Crippen LogP) is 2.37. The number of carbonyl (C=O) groups is 1. The molecule has 2 atom stereocenters. The van der Waals surface area contributed by atoms with Gasteiger partial charge in [-0.2, -0.15) is 10.2 Å². The molecule has 1 aromatic carbocycles. The molecular formula is C24H27FN6O2S. The Hall–Kier alpha value is -3.06. The topological polar surface area (TPSA) is 102 Å². The van der Waals surface area contributed by atoms with Gasteiger partial charge in [0.1, 0.15) is 16.5 Å². The molecule has 2 aromatic rings. The quantitative estimate of drug-likeness (QED) is 0.714. The first-order valence-electron chi connectivity index (χ1n) is 11.6. The van der Waals surface area contributed by atoms with Gasteiger partial charge in [0.15, 0.2) is 0 Å². The molecule has 0 saturated carbocycles. The van der Waals surface area contributed by atoms with Crippen molar-refractivity contribution in [3.8, 4) is 6.07 Å². The zero-order chi connectivity index (χ0) is 23.9. The van der Waals surface area contributed by atoms with Crippen LogP contribution >= 0.6 is 0 Å². The van der Waals surface area contributed by atoms with Gasteiger partial charge in [-0.15, -0.1) is 0 Å². The van der Waals surface area contributed by atoms with Crippen LogP contribution in [0.25, 0.3) is 0 Å². The molecule has 4 heterocycles. The van der Waals surface area contributed by atoms with Crippen molar-refractivity contribution in [2.45, 2.75) is 48.5 Å². The van der Waals surface area contributed by atoms with Gasteiger partial charge in [0.25, 0.3) is 0 Å². The van der Waals surface area contributed by atoms with Gasteiger partial charge in [-0.05, 0) is 37.0 Å². The number of anilines is 2. The van der Waals surface area contributed by atoms with Crippen molar-refractivity contribution in [1.29, 1.82) is 5.26 Å². The number of nitriles is 1. The standard InChI is InChI=1S/C24H27FN6O2S/c1-30-14-18(6-7-20(30)32)27-22-21-19(8-13-34(21)33)28-23(29-22)31-11-9-24(15-26,10-12-31)16-2-4-17(25)5-3-16/h2-5,18H,6-14H2,1H3,(H,27,28,29)/t18-,34?/m0/s1. The van der Waals surface area contributed by atoms with Crippen LogP contribution in [0.4, 0.5) is 16.2 Å². The zero-order valence-electron chi connectivity index (χ0n) is 19.1. The lowest BCUT2D eigenvalue weighted by molar-refractivity contribution is -0.132. The molecule has 8 nitrogen and oxygen atoms in total. The van der Waals surface area contributed by atoms with Crippen molar-refractivity contribution < 1.29 is 13.4 Å². The molecule has 10 heteroatoms. The Morgan fingerprint density at radius 3 is 2.62 bits per heavy atom. The maximum atomic E-state index is 13.4. The Labute approximate surface area is 200 Å². The van der Waals surface area contributed by atoms with Crippen LogP contribution in [0.15, 0.2) is 29.2 Å². The highest BCUT2D eigenvalue weighted by Gasteiger charge is 2.38. The highest BCUT2D eigenvalue weighted by Crippen LogP contribution is 2.37. The molecular weight excluding hydrogens is 455 g/mol. The number of benzene rings is 1. The van der Waals surface area contributed by atoms with E-state index >= 15 is 0 Å². The van der Waals surface area contributed by atoms with Crippen molar-refractivity contribution in [2.24, 2.45) is 0 Å². The lowest BCUT2D eigenvalue weighted by atomic mass is 9.74. The van der Waals surface area contributed by atoms with Crippen LogP contribution in [-0.2, 0) is 27.4 Å². The van der Waals surface area contributed by atoms with Crippen LogP contribution in [-0.4, -0.2) is 63.5 Å². The minimum atomic E-state index is -1.14. The molecule has 0 radical (unpaired) electrons. The highest BCUT2D eigenvalue weighted by atomic mass is 32.2. The maximum absolute atomic E-state index is 13.4. The number of fused-ring (bicyclic) bond motifs is 1. The molecule has 1 amide bonds. The lowest BCUT2D eigenvalue weighted by Crippen LogP contribution is -2.44. The number of hydrogen-bond acceptors (Lipinski definition) is 7. The normalized spacial score (nSPS) is 24.0. The average Bonchev–Trinajstić information content (AvgIpc) is 3.23. The summed E-state index contributed by atoms with van der Waals surface area (Å²) in [6.07, 6.45) is 2.99. The van der Waals surface area contributed by atoms with E-state index in [2.05, 4.69) is 16.3 Å². The monoisotopic (exact) mass is 482 g/mol. The molecule has 0 bridgehead atoms. The van der Waals surface area contributed by atoms with Gasteiger partial charge in [0.2, 0.25) is 11.9 Å². The fraction of sp³-hybridized carbons (Fsp3) is 0.500. The number of aromatic nitrogens is 2. The summed E-state index contributed by atoms with van der Waals surface area (Å²) in [6.45, 7) is 1.76. The highest BCUT2D eigenvalue weighted by molar-refractivity contribution is 7.85. The Balaban J connectivity index is 1.38. The second-order valence-electron chi connectivity index (χ2n) is 9.29. The minimum Gasteiger partial charge on any atom is -0.364 e. The number of likely N-dealkylation sites (N-methyl/N-ethyl adjacent to an activating group) is 1. The first-order valence-corrected chi connectivity index (χ1v) is 12.9. The number of carbonyl (C=O) groups excluding carboxylic acids is 1. The van der Waals surface area contributed by atoms with Gasteiger partial charge in [-0.3, -0.25) is 9.00 Å². The summed E-state index contributed by atoms with van der Waals surface area (Å²) in [7, 11) is 0.648. The summed E-state index contributed by atoms with van der Waals surface area (Å²) in [4.78, 5) is 25.9. The van der Waals surface area contributed by atoms with E-state index in [4.69, 9.17) is 9.97 Å². The number of hydrogen-bond donors (Lipinski definition) is 1. The fourth-order valence-corrected chi connectivity index (χ4v) is 6.38. The summed E-state index contributed by atoms with van der Waals surface area (Å²) < 4.78 is 26.1. The average molecular weight is 483 g/mol. The van der Waals surface area contributed by atoms with Crippen LogP contribution in [0.1, 0.15) is 36.9 Å². The smallest absolute Gasteiger partial charge is 0.227 e. The summed E-state index contributed by atoms with van der Waals surface area (Å²) in [5, 5.41) is 13.4. The Morgan fingerprint density at radius 2 is 1.94 bits per heavy atom. The summed E-state index contributed by atoms with van der Waals surface area (Å²) >= 11 is 0. The number of nitrogens with zero attached hydrogens (tertiary/aromatic N) is 5. The summed E-state index contributed by atoms with van der Waals surface area (Å²) in [5.74, 6) is 1.52. The van der Waals surface area contributed by atoms with Crippen LogP contribution in [0.3, 0.4) is 0 Å². The Bertz CT molecular complexity index is 1170. The molecule has 178 valence electrons. The van der Waals surface area contributed by atoms with Crippen molar-refractivity contribution >= 4 is 28.5 Å². The van der Waals surface area contributed by atoms with Crippen LogP contribution in [0, 0.1) is 17.1 Å². The third-order valence-corrected chi connectivity index (χ3v) is 8.61. The second-order valence-corrected chi connectivity index (χ2v) is 10.8. The first kappa shape index (κ1) is 22.7. The number of piperidine rings is 2. The van der Waals surface area contributed by atoms with Crippen LogP contribution in [0.5, 0.6) is 0 Å². The predicted molar refractivity (Wildman–Crippen MR) is 126 cm³/mol. The van der Waals surface area contributed by atoms with Crippen LogP contribution in [0.2, 0.25) is 0 Å². The number of amides is 1. The van der Waals surface area contributed by atoms with Crippen molar-refractivity contribution in [3.05, 3.63) is 41.3 Å². The summed E-state index contributed by atoms with van der Waals surface area (Å²) in [6, 6.07) is 8.71. The Kier molecular flexibility index (Phi) is 5.98. The van der Waals surface area contributed by atoms with Gasteiger partial charge < -0.3 is 15.1 Å². The molecule has 1 aromatic heterocycles. The van der Waals surface area contributed by atoms with Gasteiger partial charge in [-0.25, -0.2) is 9.37 Å². The van der Waals surface area contributed by atoms with Crippen molar-refractivity contribution in [2.75, 3.05) is 42.7 Å². The van der Waals surface area contributed by atoms with E-state index in [1.807, 2.05) is 0 Å². The van der Waals surface area contributed by atoms with E-state index in [1.165, 1.54) is 12.1 Å². The molecule has 0 aliphatic carbocycles. The van der Waals surface area contributed by atoms with Gasteiger partial charge in [-0.1, -0.05) is 12.1 Å². The van der Waals surface area contributed by atoms with E-state index in [-0.39, 0.29) is 17.8 Å². The van der Waals surface area contributed by atoms with Crippen molar-refractivity contribution in [1.82, 2.24) is 14.9 Å². The fourth-order valence-electron chi connectivity index (χ4n) is 5.07. The van der Waals surface area contributed by atoms with E-state index in [1.54, 1.807) is 24.1 Å². The second kappa shape index (κ2) is 8.95.